The zero-order valence-electron chi connectivity index (χ0n) is 17.2. The molecule has 2 saturated heterocycles. The van der Waals surface area contributed by atoms with Crippen molar-refractivity contribution in [3.8, 4) is 16.9 Å². The fourth-order valence-electron chi connectivity index (χ4n) is 5.48. The molecule has 5 heterocycles. The Hall–Kier alpha value is -2.86. The summed E-state index contributed by atoms with van der Waals surface area (Å²) in [5, 5.41) is 0.999. The maximum absolute atomic E-state index is 13.4. The van der Waals surface area contributed by atoms with Gasteiger partial charge < -0.3 is 19.5 Å². The molecule has 2 aromatic heterocycles. The van der Waals surface area contributed by atoms with Crippen LogP contribution >= 0.6 is 0 Å². The molecule has 2 unspecified atom stereocenters. The summed E-state index contributed by atoms with van der Waals surface area (Å²) in [6.45, 7) is 2.72. The van der Waals surface area contributed by atoms with Gasteiger partial charge in [-0.25, -0.2) is 4.98 Å². The topological polar surface area (TPSA) is 61.5 Å². The highest BCUT2D eigenvalue weighted by molar-refractivity contribution is 6.01. The van der Waals surface area contributed by atoms with Crippen LogP contribution in [0.5, 0.6) is 5.75 Å². The lowest BCUT2D eigenvalue weighted by molar-refractivity contribution is 0.0472. The molecule has 30 heavy (non-hydrogen) atoms. The number of fused-ring (bicyclic) bond motifs is 4. The van der Waals surface area contributed by atoms with Gasteiger partial charge in [0.25, 0.3) is 5.91 Å². The number of aromatic nitrogens is 2. The van der Waals surface area contributed by atoms with E-state index in [0.29, 0.717) is 17.6 Å². The number of nitrogens with zero attached hydrogens (tertiary/aromatic N) is 3. The molecule has 6 nitrogen and oxygen atoms in total. The predicted molar refractivity (Wildman–Crippen MR) is 116 cm³/mol. The number of hydrogen-bond donors (Lipinski definition) is 1. The lowest BCUT2D eigenvalue weighted by Crippen LogP contribution is -2.54. The third-order valence-electron chi connectivity index (χ3n) is 6.90. The van der Waals surface area contributed by atoms with Gasteiger partial charge >= 0.3 is 0 Å². The van der Waals surface area contributed by atoms with E-state index in [1.807, 2.05) is 12.3 Å². The first-order valence-electron chi connectivity index (χ1n) is 10.9. The molecule has 1 amide bonds. The number of carbonyl (C=O) groups excluding carboxylic acids is 1. The van der Waals surface area contributed by atoms with Gasteiger partial charge in [0.05, 0.1) is 12.2 Å². The molecule has 0 radical (unpaired) electrons. The molecular weight excluding hydrogens is 376 g/mol. The summed E-state index contributed by atoms with van der Waals surface area (Å²) in [6, 6.07) is 9.04. The molecule has 2 fully saturated rings. The van der Waals surface area contributed by atoms with E-state index in [1.54, 1.807) is 6.20 Å². The van der Waals surface area contributed by atoms with E-state index in [2.05, 4.69) is 45.0 Å². The van der Waals surface area contributed by atoms with Gasteiger partial charge in [-0.05, 0) is 62.1 Å². The Morgan fingerprint density at radius 1 is 1.20 bits per heavy atom. The van der Waals surface area contributed by atoms with Crippen molar-refractivity contribution in [1.29, 1.82) is 0 Å². The van der Waals surface area contributed by atoms with E-state index in [-0.39, 0.29) is 5.91 Å². The van der Waals surface area contributed by atoms with Crippen molar-refractivity contribution in [2.24, 2.45) is 0 Å². The predicted octanol–water partition coefficient (Wildman–Crippen LogP) is 3.47. The van der Waals surface area contributed by atoms with E-state index >= 15 is 0 Å². The quantitative estimate of drug-likeness (QED) is 0.713. The van der Waals surface area contributed by atoms with Gasteiger partial charge in [0.2, 0.25) is 0 Å². The summed E-state index contributed by atoms with van der Waals surface area (Å²) in [5.74, 6) is 1.11. The van der Waals surface area contributed by atoms with Crippen LogP contribution < -0.4 is 4.74 Å². The molecule has 6 heteroatoms. The van der Waals surface area contributed by atoms with Crippen molar-refractivity contribution < 1.29 is 9.53 Å². The number of aryl methyl sites for hydroxylation is 1. The Morgan fingerprint density at radius 2 is 2.03 bits per heavy atom. The highest BCUT2D eigenvalue weighted by Gasteiger charge is 2.41. The molecule has 1 N–H and O–H groups in total. The number of benzene rings is 1. The number of nitrogens with one attached hydrogen (secondary N) is 1. The summed E-state index contributed by atoms with van der Waals surface area (Å²) < 4.78 is 5.76. The SMILES string of the molecule is CN1CC2CCC(C1)N2C(=O)c1cnc2[nH]cc(-c3ccc4c(c3)CCCO4)c2c1. The van der Waals surface area contributed by atoms with E-state index in [0.717, 1.165) is 73.3 Å². The van der Waals surface area contributed by atoms with E-state index in [9.17, 15) is 4.79 Å². The minimum absolute atomic E-state index is 0.121. The van der Waals surface area contributed by atoms with Crippen molar-refractivity contribution in [2.45, 2.75) is 37.8 Å². The lowest BCUT2D eigenvalue weighted by Gasteiger charge is -2.39. The van der Waals surface area contributed by atoms with Gasteiger partial charge in [0, 0.05) is 48.5 Å². The van der Waals surface area contributed by atoms with Gasteiger partial charge in [-0.1, -0.05) is 6.07 Å². The molecule has 154 valence electrons. The Morgan fingerprint density at radius 3 is 2.87 bits per heavy atom. The molecule has 2 atom stereocenters. The Labute approximate surface area is 175 Å². The second-order valence-corrected chi connectivity index (χ2v) is 8.92. The minimum atomic E-state index is 0.121. The van der Waals surface area contributed by atoms with Crippen LogP contribution in [-0.2, 0) is 6.42 Å². The largest absolute Gasteiger partial charge is 0.493 e. The van der Waals surface area contributed by atoms with Crippen molar-refractivity contribution in [3.63, 3.8) is 0 Å². The summed E-state index contributed by atoms with van der Waals surface area (Å²) in [7, 11) is 2.15. The van der Waals surface area contributed by atoms with Crippen LogP contribution in [0.25, 0.3) is 22.2 Å². The molecule has 3 aliphatic rings. The first-order valence-corrected chi connectivity index (χ1v) is 10.9. The average Bonchev–Trinajstić information content (AvgIpc) is 3.31. The van der Waals surface area contributed by atoms with Gasteiger partial charge in [0.1, 0.15) is 11.4 Å². The number of aromatic amines is 1. The van der Waals surface area contributed by atoms with Crippen LogP contribution in [0.3, 0.4) is 0 Å². The van der Waals surface area contributed by atoms with Gasteiger partial charge in [-0.3, -0.25) is 4.79 Å². The number of ether oxygens (including phenoxy) is 1. The molecule has 3 aliphatic heterocycles. The summed E-state index contributed by atoms with van der Waals surface area (Å²) in [5.41, 5.74) is 4.98. The molecule has 2 bridgehead atoms. The number of piperazine rings is 1. The number of H-pyrrole nitrogens is 1. The number of likely N-dealkylation sites (N-methyl/N-ethyl adjacent to an activating group) is 1. The van der Waals surface area contributed by atoms with Crippen molar-refractivity contribution in [1.82, 2.24) is 19.8 Å². The smallest absolute Gasteiger partial charge is 0.256 e. The third-order valence-corrected chi connectivity index (χ3v) is 6.90. The minimum Gasteiger partial charge on any atom is -0.493 e. The number of pyridine rings is 1. The first-order chi connectivity index (χ1) is 14.7. The van der Waals surface area contributed by atoms with Crippen LogP contribution in [0.15, 0.2) is 36.7 Å². The van der Waals surface area contributed by atoms with Crippen LogP contribution in [0.2, 0.25) is 0 Å². The number of rotatable bonds is 2. The fourth-order valence-corrected chi connectivity index (χ4v) is 5.48. The highest BCUT2D eigenvalue weighted by Crippen LogP contribution is 2.35. The molecule has 0 aliphatic carbocycles. The van der Waals surface area contributed by atoms with E-state index < -0.39 is 0 Å². The zero-order chi connectivity index (χ0) is 20.2. The highest BCUT2D eigenvalue weighted by atomic mass is 16.5. The number of likely N-dealkylation sites (tertiary alicyclic amines) is 1. The van der Waals surface area contributed by atoms with Crippen LogP contribution in [0.1, 0.15) is 35.2 Å². The second-order valence-electron chi connectivity index (χ2n) is 8.92. The summed E-state index contributed by atoms with van der Waals surface area (Å²) >= 11 is 0. The standard InChI is InChI=1S/C24H26N4O2/c1-27-13-18-5-6-19(14-27)28(18)24(29)17-10-20-21(12-26-23(20)25-11-17)15-4-7-22-16(9-15)3-2-8-30-22/h4,7,9-12,18-19H,2-3,5-6,8,13-14H2,1H3,(H,25,26). The first kappa shape index (κ1) is 18.0. The zero-order valence-corrected chi connectivity index (χ0v) is 17.2. The van der Waals surface area contributed by atoms with E-state index in [1.165, 1.54) is 5.56 Å². The lowest BCUT2D eigenvalue weighted by atomic mass is 9.98. The Bertz CT molecular complexity index is 1120. The molecule has 0 saturated carbocycles. The van der Waals surface area contributed by atoms with Gasteiger partial charge in [-0.2, -0.15) is 0 Å². The van der Waals surface area contributed by atoms with Crippen LogP contribution in [0.4, 0.5) is 0 Å². The number of hydrogen-bond acceptors (Lipinski definition) is 4. The van der Waals surface area contributed by atoms with Gasteiger partial charge in [0.15, 0.2) is 0 Å². The molecule has 0 spiro atoms. The van der Waals surface area contributed by atoms with Crippen molar-refractivity contribution in [2.75, 3.05) is 26.7 Å². The van der Waals surface area contributed by atoms with E-state index in [4.69, 9.17) is 4.74 Å². The van der Waals surface area contributed by atoms with Crippen LogP contribution in [0, 0.1) is 0 Å². The molecule has 6 rings (SSSR count). The maximum atomic E-state index is 13.4. The summed E-state index contributed by atoms with van der Waals surface area (Å²) in [6.07, 6.45) is 8.02. The second kappa shape index (κ2) is 6.84. The van der Waals surface area contributed by atoms with Crippen LogP contribution in [-0.4, -0.2) is 64.5 Å². The monoisotopic (exact) mass is 402 g/mol. The maximum Gasteiger partial charge on any atom is 0.256 e. The third kappa shape index (κ3) is 2.82. The molecule has 3 aromatic rings. The normalized spacial score (nSPS) is 23.4. The number of amides is 1. The fraction of sp³-hybridized carbons (Fsp3) is 0.417. The molecule has 1 aromatic carbocycles. The molecular formula is C24H26N4O2. The number of carbonyl (C=O) groups is 1. The Balaban J connectivity index is 1.37. The Kier molecular flexibility index (Phi) is 4.09. The van der Waals surface area contributed by atoms with Crippen molar-refractivity contribution in [3.05, 3.63) is 47.8 Å². The summed E-state index contributed by atoms with van der Waals surface area (Å²) in [4.78, 5) is 25.7. The van der Waals surface area contributed by atoms with Gasteiger partial charge in [-0.15, -0.1) is 0 Å². The van der Waals surface area contributed by atoms with Crippen molar-refractivity contribution >= 4 is 16.9 Å². The average molecular weight is 402 g/mol.